The van der Waals surface area contributed by atoms with Gasteiger partial charge in [-0.3, -0.25) is 0 Å². The number of fused-ring (bicyclic) bond motifs is 2. The molecule has 2 aliphatic carbocycles. The molecule has 70 valence electrons. The summed E-state index contributed by atoms with van der Waals surface area (Å²) in [4.78, 5) is 1.54. The molecule has 2 bridgehead atoms. The van der Waals surface area contributed by atoms with E-state index in [2.05, 4.69) is 6.07 Å². The first-order chi connectivity index (χ1) is 6.33. The Morgan fingerprint density at radius 3 is 2.69 bits per heavy atom. The summed E-state index contributed by atoms with van der Waals surface area (Å²) in [5, 5.41) is 0. The van der Waals surface area contributed by atoms with Gasteiger partial charge in [-0.15, -0.1) is 11.3 Å². The smallest absolute Gasteiger partial charge is 0.0931 e. The summed E-state index contributed by atoms with van der Waals surface area (Å²) < 4.78 is 0.956. The summed E-state index contributed by atoms with van der Waals surface area (Å²) >= 11 is 7.75. The van der Waals surface area contributed by atoms with Crippen LogP contribution in [-0.2, 0) is 0 Å². The van der Waals surface area contributed by atoms with Gasteiger partial charge in [-0.2, -0.15) is 0 Å². The largest absolute Gasteiger partial charge is 0.128 e. The molecule has 2 saturated carbocycles. The van der Waals surface area contributed by atoms with Gasteiger partial charge in [0.25, 0.3) is 0 Å². The Morgan fingerprint density at radius 1 is 1.23 bits per heavy atom. The average molecular weight is 213 g/mol. The van der Waals surface area contributed by atoms with Crippen molar-refractivity contribution in [2.24, 2.45) is 11.8 Å². The molecule has 1 aromatic rings. The van der Waals surface area contributed by atoms with Crippen LogP contribution in [0.25, 0.3) is 0 Å². The van der Waals surface area contributed by atoms with E-state index in [0.29, 0.717) is 0 Å². The molecule has 1 heterocycles. The Morgan fingerprint density at radius 2 is 2.15 bits per heavy atom. The minimum atomic E-state index is 0.858. The Kier molecular flexibility index (Phi) is 1.91. The lowest BCUT2D eigenvalue weighted by Gasteiger charge is -2.19. The number of halogens is 1. The highest BCUT2D eigenvalue weighted by Crippen LogP contribution is 2.54. The molecule has 0 N–H and O–H groups in total. The molecule has 13 heavy (non-hydrogen) atoms. The third kappa shape index (κ3) is 1.33. The van der Waals surface area contributed by atoms with Crippen LogP contribution in [0.1, 0.15) is 36.5 Å². The molecule has 0 aromatic carbocycles. The van der Waals surface area contributed by atoms with Crippen LogP contribution < -0.4 is 0 Å². The van der Waals surface area contributed by atoms with Crippen LogP contribution in [0.3, 0.4) is 0 Å². The lowest BCUT2D eigenvalue weighted by atomic mass is 9.88. The quantitative estimate of drug-likeness (QED) is 0.651. The number of hydrogen-bond acceptors (Lipinski definition) is 1. The van der Waals surface area contributed by atoms with E-state index in [-0.39, 0.29) is 0 Å². The van der Waals surface area contributed by atoms with E-state index in [1.807, 2.05) is 6.07 Å². The van der Waals surface area contributed by atoms with E-state index < -0.39 is 0 Å². The minimum absolute atomic E-state index is 0.858. The van der Waals surface area contributed by atoms with Crippen molar-refractivity contribution in [1.82, 2.24) is 0 Å². The summed E-state index contributed by atoms with van der Waals surface area (Å²) in [6.07, 6.45) is 5.87. The van der Waals surface area contributed by atoms with Crippen molar-refractivity contribution < 1.29 is 0 Å². The highest BCUT2D eigenvalue weighted by Gasteiger charge is 2.40. The zero-order valence-electron chi connectivity index (χ0n) is 7.50. The van der Waals surface area contributed by atoms with Crippen molar-refractivity contribution in [3.63, 3.8) is 0 Å². The van der Waals surface area contributed by atoms with Gasteiger partial charge in [0, 0.05) is 4.88 Å². The number of hydrogen-bond donors (Lipinski definition) is 0. The summed E-state index contributed by atoms with van der Waals surface area (Å²) in [6.45, 7) is 0. The van der Waals surface area contributed by atoms with Crippen molar-refractivity contribution in [3.05, 3.63) is 21.3 Å². The molecule has 0 unspecified atom stereocenters. The summed E-state index contributed by atoms with van der Waals surface area (Å²) in [6, 6.07) is 4.28. The highest BCUT2D eigenvalue weighted by molar-refractivity contribution is 7.16. The second-order valence-corrected chi connectivity index (χ2v) is 6.17. The van der Waals surface area contributed by atoms with Crippen LogP contribution in [-0.4, -0.2) is 0 Å². The van der Waals surface area contributed by atoms with Gasteiger partial charge in [0.1, 0.15) is 0 Å². The van der Waals surface area contributed by atoms with Crippen LogP contribution in [0, 0.1) is 11.8 Å². The topological polar surface area (TPSA) is 0 Å². The highest BCUT2D eigenvalue weighted by atomic mass is 35.5. The molecular formula is C11H13ClS. The van der Waals surface area contributed by atoms with Gasteiger partial charge in [-0.05, 0) is 49.1 Å². The first kappa shape index (κ1) is 8.31. The second kappa shape index (κ2) is 2.99. The Bertz CT molecular complexity index is 318. The fourth-order valence-electron chi connectivity index (χ4n) is 3.12. The Balaban J connectivity index is 1.87. The van der Waals surface area contributed by atoms with Gasteiger partial charge in [-0.1, -0.05) is 18.0 Å². The van der Waals surface area contributed by atoms with Crippen LogP contribution >= 0.6 is 22.9 Å². The lowest BCUT2D eigenvalue weighted by molar-refractivity contribution is 0.424. The SMILES string of the molecule is Clc1ccc([C@@H]2C[C@H]3CC[C@@H]2C3)s1. The standard InChI is InChI=1S/C11H13ClS/c12-11-4-3-10(13-11)9-6-7-1-2-8(9)5-7/h3-4,7-9H,1-2,5-6H2/t7-,8+,9+/m0/s1. The predicted octanol–water partition coefficient (Wildman–Crippen LogP) is 4.31. The molecule has 3 atom stereocenters. The van der Waals surface area contributed by atoms with Crippen LogP contribution in [0.5, 0.6) is 0 Å². The van der Waals surface area contributed by atoms with Gasteiger partial charge < -0.3 is 0 Å². The molecule has 0 saturated heterocycles. The van der Waals surface area contributed by atoms with Crippen molar-refractivity contribution in [1.29, 1.82) is 0 Å². The molecule has 0 aliphatic heterocycles. The van der Waals surface area contributed by atoms with E-state index >= 15 is 0 Å². The first-order valence-electron chi connectivity index (χ1n) is 5.08. The molecule has 2 heteroatoms. The normalized spacial score (nSPS) is 37.2. The van der Waals surface area contributed by atoms with Crippen molar-refractivity contribution >= 4 is 22.9 Å². The molecule has 0 amide bonds. The summed E-state index contributed by atoms with van der Waals surface area (Å²) in [5.41, 5.74) is 0. The molecule has 2 aliphatic rings. The second-order valence-electron chi connectivity index (χ2n) is 4.42. The van der Waals surface area contributed by atoms with E-state index in [9.17, 15) is 0 Å². The van der Waals surface area contributed by atoms with Crippen LogP contribution in [0.4, 0.5) is 0 Å². The molecule has 0 nitrogen and oxygen atoms in total. The zero-order valence-corrected chi connectivity index (χ0v) is 9.07. The van der Waals surface area contributed by atoms with Gasteiger partial charge in [0.05, 0.1) is 4.34 Å². The maximum absolute atomic E-state index is 5.96. The molecule has 0 spiro atoms. The van der Waals surface area contributed by atoms with Gasteiger partial charge in [0.2, 0.25) is 0 Å². The van der Waals surface area contributed by atoms with E-state index in [0.717, 1.165) is 22.1 Å². The average Bonchev–Trinajstić information content (AvgIpc) is 2.77. The molecule has 3 rings (SSSR count). The Labute approximate surface area is 87.9 Å². The fourth-order valence-corrected chi connectivity index (χ4v) is 4.39. The predicted molar refractivity (Wildman–Crippen MR) is 57.5 cm³/mol. The van der Waals surface area contributed by atoms with E-state index in [1.54, 1.807) is 11.3 Å². The van der Waals surface area contributed by atoms with Crippen LogP contribution in [0.2, 0.25) is 4.34 Å². The van der Waals surface area contributed by atoms with E-state index in [4.69, 9.17) is 11.6 Å². The summed E-state index contributed by atoms with van der Waals surface area (Å²) in [5.74, 6) is 2.88. The van der Waals surface area contributed by atoms with Crippen molar-refractivity contribution in [3.8, 4) is 0 Å². The maximum atomic E-state index is 5.96. The first-order valence-corrected chi connectivity index (χ1v) is 6.27. The molecule has 2 fully saturated rings. The molecule has 0 radical (unpaired) electrons. The Hall–Kier alpha value is -0.0100. The number of rotatable bonds is 1. The van der Waals surface area contributed by atoms with Crippen LogP contribution in [0.15, 0.2) is 12.1 Å². The third-order valence-corrected chi connectivity index (χ3v) is 5.06. The van der Waals surface area contributed by atoms with Gasteiger partial charge in [0.15, 0.2) is 0 Å². The summed E-state index contributed by atoms with van der Waals surface area (Å²) in [7, 11) is 0. The van der Waals surface area contributed by atoms with Gasteiger partial charge in [-0.25, -0.2) is 0 Å². The van der Waals surface area contributed by atoms with Crippen molar-refractivity contribution in [2.45, 2.75) is 31.6 Å². The minimum Gasteiger partial charge on any atom is -0.128 e. The lowest BCUT2D eigenvalue weighted by Crippen LogP contribution is -2.06. The monoisotopic (exact) mass is 212 g/mol. The van der Waals surface area contributed by atoms with E-state index in [1.165, 1.54) is 30.6 Å². The maximum Gasteiger partial charge on any atom is 0.0931 e. The third-order valence-electron chi connectivity index (χ3n) is 3.70. The molecular weight excluding hydrogens is 200 g/mol. The fraction of sp³-hybridized carbons (Fsp3) is 0.636. The number of thiophene rings is 1. The molecule has 1 aromatic heterocycles. The zero-order chi connectivity index (χ0) is 8.84. The van der Waals surface area contributed by atoms with Crippen molar-refractivity contribution in [2.75, 3.05) is 0 Å². The van der Waals surface area contributed by atoms with Gasteiger partial charge >= 0.3 is 0 Å².